The molecule has 1 fully saturated rings. The Hall–Kier alpha value is -3.32. The van der Waals surface area contributed by atoms with Crippen molar-refractivity contribution in [3.05, 3.63) is 72.8 Å². The average molecular weight is 378 g/mol. The van der Waals surface area contributed by atoms with Crippen LogP contribution in [0.3, 0.4) is 0 Å². The minimum absolute atomic E-state index is 0.162. The van der Waals surface area contributed by atoms with E-state index in [1.165, 1.54) is 23.1 Å². The normalized spacial score (nSPS) is 15.2. The molecule has 7 heteroatoms. The zero-order valence-corrected chi connectivity index (χ0v) is 15.3. The summed E-state index contributed by atoms with van der Waals surface area (Å²) in [7, 11) is 1.81. The molecule has 0 aliphatic carbocycles. The highest BCUT2D eigenvalue weighted by Crippen LogP contribution is 2.38. The minimum atomic E-state index is -1.21. The van der Waals surface area contributed by atoms with E-state index in [2.05, 4.69) is 16.7 Å². The largest absolute Gasteiger partial charge is 0.381 e. The van der Waals surface area contributed by atoms with Crippen LogP contribution >= 0.6 is 0 Å². The quantitative estimate of drug-likeness (QED) is 0.708. The average Bonchev–Trinajstić information content (AvgIpc) is 3.11. The van der Waals surface area contributed by atoms with Gasteiger partial charge in [0.25, 0.3) is 0 Å². The van der Waals surface area contributed by atoms with Crippen LogP contribution in [0.15, 0.2) is 61.4 Å². The second-order valence-electron chi connectivity index (χ2n) is 6.93. The van der Waals surface area contributed by atoms with Gasteiger partial charge >= 0.3 is 0 Å². The van der Waals surface area contributed by atoms with Gasteiger partial charge in [0.05, 0.1) is 24.5 Å². The number of aliphatic hydroxyl groups is 1. The van der Waals surface area contributed by atoms with Gasteiger partial charge in [-0.05, 0) is 42.5 Å². The number of aryl methyl sites for hydroxylation is 1. The number of hydrogen-bond acceptors (Lipinski definition) is 4. The van der Waals surface area contributed by atoms with Crippen molar-refractivity contribution in [2.75, 3.05) is 13.1 Å². The first-order chi connectivity index (χ1) is 13.4. The van der Waals surface area contributed by atoms with Gasteiger partial charge in [0, 0.05) is 36.1 Å². The van der Waals surface area contributed by atoms with Crippen molar-refractivity contribution in [3.8, 4) is 22.5 Å². The molecule has 1 aliphatic rings. The molecule has 3 aromatic rings. The monoisotopic (exact) mass is 378 g/mol. The summed E-state index contributed by atoms with van der Waals surface area (Å²) in [6.07, 6.45) is 4.66. The Morgan fingerprint density at radius 1 is 1.25 bits per heavy atom. The summed E-state index contributed by atoms with van der Waals surface area (Å²) in [6.45, 7) is 3.80. The molecule has 28 heavy (non-hydrogen) atoms. The van der Waals surface area contributed by atoms with Crippen LogP contribution in [0.1, 0.15) is 5.56 Å². The third-order valence-electron chi connectivity index (χ3n) is 4.93. The summed E-state index contributed by atoms with van der Waals surface area (Å²) in [5, 5.41) is 15.5. The van der Waals surface area contributed by atoms with E-state index in [1.807, 2.05) is 25.4 Å². The minimum Gasteiger partial charge on any atom is -0.381 e. The van der Waals surface area contributed by atoms with Crippen LogP contribution < -0.4 is 0 Å². The van der Waals surface area contributed by atoms with Gasteiger partial charge in [-0.1, -0.05) is 6.58 Å². The fraction of sp³-hybridized carbons (Fsp3) is 0.190. The number of aromatic nitrogens is 3. The van der Waals surface area contributed by atoms with E-state index in [0.717, 1.165) is 11.1 Å². The van der Waals surface area contributed by atoms with Crippen LogP contribution in [0.25, 0.3) is 22.5 Å². The van der Waals surface area contributed by atoms with E-state index in [1.54, 1.807) is 23.0 Å². The number of carbonyl (C=O) groups is 1. The summed E-state index contributed by atoms with van der Waals surface area (Å²) in [4.78, 5) is 17.8. The number of halogens is 1. The van der Waals surface area contributed by atoms with E-state index < -0.39 is 5.60 Å². The lowest BCUT2D eigenvalue weighted by atomic mass is 9.83. The summed E-state index contributed by atoms with van der Waals surface area (Å²) in [6, 6.07) is 9.75. The van der Waals surface area contributed by atoms with Crippen LogP contribution in [-0.2, 0) is 17.4 Å². The zero-order chi connectivity index (χ0) is 19.9. The SMILES string of the molecule is C=CC(=O)N1CC(O)(c2cnc(-c3ccc(F)cc3)cc2-c2ccn(C)n2)C1. The van der Waals surface area contributed by atoms with Crippen molar-refractivity contribution >= 4 is 5.91 Å². The lowest BCUT2D eigenvalue weighted by Crippen LogP contribution is -2.61. The molecule has 1 aromatic carbocycles. The van der Waals surface area contributed by atoms with Crippen LogP contribution in [-0.4, -0.2) is 43.8 Å². The molecule has 2 aromatic heterocycles. The van der Waals surface area contributed by atoms with E-state index >= 15 is 0 Å². The number of likely N-dealkylation sites (tertiary alicyclic amines) is 1. The number of nitrogens with zero attached hydrogens (tertiary/aromatic N) is 4. The second kappa shape index (κ2) is 6.69. The lowest BCUT2D eigenvalue weighted by Gasteiger charge is -2.46. The molecule has 1 amide bonds. The van der Waals surface area contributed by atoms with Crippen LogP contribution in [0.2, 0.25) is 0 Å². The smallest absolute Gasteiger partial charge is 0.246 e. The fourth-order valence-electron chi connectivity index (χ4n) is 3.42. The molecular weight excluding hydrogens is 359 g/mol. The number of benzene rings is 1. The van der Waals surface area contributed by atoms with Gasteiger partial charge in [0.15, 0.2) is 0 Å². The molecule has 1 aliphatic heterocycles. The molecular formula is C21H19FN4O2. The van der Waals surface area contributed by atoms with Crippen molar-refractivity contribution in [2.45, 2.75) is 5.60 Å². The van der Waals surface area contributed by atoms with Crippen molar-refractivity contribution in [1.29, 1.82) is 0 Å². The number of carbonyl (C=O) groups excluding carboxylic acids is 1. The Kier molecular flexibility index (Phi) is 4.31. The fourth-order valence-corrected chi connectivity index (χ4v) is 3.42. The van der Waals surface area contributed by atoms with Gasteiger partial charge in [-0.2, -0.15) is 5.10 Å². The van der Waals surface area contributed by atoms with Gasteiger partial charge in [-0.15, -0.1) is 0 Å². The number of amides is 1. The highest BCUT2D eigenvalue weighted by atomic mass is 19.1. The molecule has 0 bridgehead atoms. The number of rotatable bonds is 4. The van der Waals surface area contributed by atoms with E-state index in [-0.39, 0.29) is 24.8 Å². The Bertz CT molecular complexity index is 1050. The Morgan fingerprint density at radius 3 is 2.57 bits per heavy atom. The molecule has 142 valence electrons. The number of hydrogen-bond donors (Lipinski definition) is 1. The van der Waals surface area contributed by atoms with Gasteiger partial charge in [0.1, 0.15) is 11.4 Å². The van der Waals surface area contributed by atoms with Crippen molar-refractivity contribution in [3.63, 3.8) is 0 Å². The Labute approximate surface area is 161 Å². The van der Waals surface area contributed by atoms with Crippen LogP contribution in [0.4, 0.5) is 4.39 Å². The van der Waals surface area contributed by atoms with Gasteiger partial charge in [0.2, 0.25) is 5.91 Å². The van der Waals surface area contributed by atoms with Crippen molar-refractivity contribution in [1.82, 2.24) is 19.7 Å². The summed E-state index contributed by atoms with van der Waals surface area (Å²) in [5.74, 6) is -0.541. The first kappa shape index (κ1) is 18.1. The third kappa shape index (κ3) is 3.10. The van der Waals surface area contributed by atoms with Crippen molar-refractivity contribution in [2.24, 2.45) is 7.05 Å². The maximum absolute atomic E-state index is 13.2. The Morgan fingerprint density at radius 2 is 1.96 bits per heavy atom. The molecule has 0 spiro atoms. The molecule has 4 rings (SSSR count). The second-order valence-corrected chi connectivity index (χ2v) is 6.93. The highest BCUT2D eigenvalue weighted by molar-refractivity contribution is 5.88. The molecule has 0 atom stereocenters. The predicted molar refractivity (Wildman–Crippen MR) is 103 cm³/mol. The standard InChI is InChI=1S/C21H19FN4O2/c1-3-20(27)26-12-21(28,13-26)17-11-23-19(14-4-6-15(22)7-5-14)10-16(17)18-8-9-25(2)24-18/h3-11,28H,1,12-13H2,2H3. The molecule has 0 radical (unpaired) electrons. The van der Waals surface area contributed by atoms with E-state index in [4.69, 9.17) is 0 Å². The molecule has 1 N–H and O–H groups in total. The van der Waals surface area contributed by atoms with Crippen LogP contribution in [0.5, 0.6) is 0 Å². The van der Waals surface area contributed by atoms with Crippen LogP contribution in [0, 0.1) is 5.82 Å². The Balaban J connectivity index is 1.77. The maximum atomic E-state index is 13.2. The zero-order valence-electron chi connectivity index (χ0n) is 15.3. The lowest BCUT2D eigenvalue weighted by molar-refractivity contribution is -0.152. The third-order valence-corrected chi connectivity index (χ3v) is 4.93. The summed E-state index contributed by atoms with van der Waals surface area (Å²) >= 11 is 0. The van der Waals surface area contributed by atoms with E-state index in [9.17, 15) is 14.3 Å². The van der Waals surface area contributed by atoms with Crippen molar-refractivity contribution < 1.29 is 14.3 Å². The molecule has 6 nitrogen and oxygen atoms in total. The van der Waals surface area contributed by atoms with Gasteiger partial charge in [-0.25, -0.2) is 4.39 Å². The van der Waals surface area contributed by atoms with Gasteiger partial charge in [-0.3, -0.25) is 14.5 Å². The first-order valence-corrected chi connectivity index (χ1v) is 8.80. The molecule has 0 unspecified atom stereocenters. The topological polar surface area (TPSA) is 71.2 Å². The maximum Gasteiger partial charge on any atom is 0.246 e. The predicted octanol–water partition coefficient (Wildman–Crippen LogP) is 2.50. The molecule has 1 saturated heterocycles. The summed E-state index contributed by atoms with van der Waals surface area (Å²) in [5.41, 5.74) is 2.21. The van der Waals surface area contributed by atoms with E-state index in [0.29, 0.717) is 17.0 Å². The highest BCUT2D eigenvalue weighted by Gasteiger charge is 2.46. The number of pyridine rings is 1. The van der Waals surface area contributed by atoms with Gasteiger partial charge < -0.3 is 10.0 Å². The first-order valence-electron chi connectivity index (χ1n) is 8.80. The summed E-state index contributed by atoms with van der Waals surface area (Å²) < 4.78 is 14.9. The molecule has 0 saturated carbocycles. The number of β-amino-alcohol motifs (C(OH)–C–C–N with tert-alkyl or cyclic N) is 1. The molecule has 3 heterocycles.